The maximum absolute atomic E-state index is 12.7. The molecule has 2 aromatic carbocycles. The van der Waals surface area contributed by atoms with Crippen LogP contribution in [0.25, 0.3) is 0 Å². The Hall–Kier alpha value is -3.01. The van der Waals surface area contributed by atoms with E-state index in [0.717, 1.165) is 11.1 Å². The number of carbonyl (C=O) groups excluding carboxylic acids is 2. The number of aryl methyl sites for hydroxylation is 2. The number of carboxylic acid groups (broad SMARTS) is 1. The number of carbonyl (C=O) groups is 3. The summed E-state index contributed by atoms with van der Waals surface area (Å²) < 4.78 is 0. The summed E-state index contributed by atoms with van der Waals surface area (Å²) in [5, 5.41) is 8.73. The van der Waals surface area contributed by atoms with Gasteiger partial charge in [0.1, 0.15) is 0 Å². The summed E-state index contributed by atoms with van der Waals surface area (Å²) >= 11 is 0. The number of hydrogen-bond donors (Lipinski definition) is 1. The van der Waals surface area contributed by atoms with Gasteiger partial charge >= 0.3 is 5.97 Å². The molecule has 0 saturated carbocycles. The van der Waals surface area contributed by atoms with E-state index < -0.39 is 5.97 Å². The zero-order chi connectivity index (χ0) is 18.7. The predicted octanol–water partition coefficient (Wildman–Crippen LogP) is 4.03. The Morgan fingerprint density at radius 2 is 1.35 bits per heavy atom. The maximum atomic E-state index is 12.7. The molecule has 0 bridgehead atoms. The lowest BCUT2D eigenvalue weighted by Crippen LogP contribution is -2.21. The molecule has 4 nitrogen and oxygen atoms in total. The van der Waals surface area contributed by atoms with Crippen LogP contribution >= 0.6 is 0 Å². The molecule has 2 aromatic rings. The molecule has 0 aliphatic heterocycles. The number of aliphatic carboxylic acids is 1. The van der Waals surface area contributed by atoms with Gasteiger partial charge in [0.2, 0.25) is 0 Å². The number of benzene rings is 2. The van der Waals surface area contributed by atoms with Gasteiger partial charge in [-0.15, -0.1) is 0 Å². The zero-order valence-corrected chi connectivity index (χ0v) is 14.6. The normalized spacial score (nSPS) is 13.7. The van der Waals surface area contributed by atoms with Crippen molar-refractivity contribution < 1.29 is 19.5 Å². The fourth-order valence-corrected chi connectivity index (χ4v) is 3.25. The molecule has 132 valence electrons. The molecule has 1 N–H and O–H groups in total. The number of fused-ring (bicyclic) bond motifs is 1. The van der Waals surface area contributed by atoms with Crippen LogP contribution in [0.4, 0.5) is 0 Å². The van der Waals surface area contributed by atoms with E-state index >= 15 is 0 Å². The molecule has 0 unspecified atom stereocenters. The van der Waals surface area contributed by atoms with Gasteiger partial charge < -0.3 is 5.11 Å². The lowest BCUT2D eigenvalue weighted by molar-refractivity contribution is -0.136. The zero-order valence-electron chi connectivity index (χ0n) is 14.6. The van der Waals surface area contributed by atoms with E-state index in [2.05, 4.69) is 0 Å². The highest BCUT2D eigenvalue weighted by Crippen LogP contribution is 2.28. The Bertz CT molecular complexity index is 904. The Balaban J connectivity index is 1.71. The molecule has 0 radical (unpaired) electrons. The van der Waals surface area contributed by atoms with Crippen LogP contribution < -0.4 is 0 Å². The van der Waals surface area contributed by atoms with Gasteiger partial charge in [-0.25, -0.2) is 0 Å². The van der Waals surface area contributed by atoms with E-state index in [9.17, 15) is 14.4 Å². The minimum Gasteiger partial charge on any atom is -0.481 e. The molecule has 0 heterocycles. The van der Waals surface area contributed by atoms with E-state index in [1.165, 1.54) is 0 Å². The van der Waals surface area contributed by atoms with Gasteiger partial charge in [0.15, 0.2) is 11.6 Å². The molecule has 0 spiro atoms. The smallest absolute Gasteiger partial charge is 0.303 e. The van der Waals surface area contributed by atoms with Crippen molar-refractivity contribution in [3.63, 3.8) is 0 Å². The lowest BCUT2D eigenvalue weighted by Gasteiger charge is -2.19. The van der Waals surface area contributed by atoms with Crippen molar-refractivity contribution in [3.8, 4) is 0 Å². The second-order valence-electron chi connectivity index (χ2n) is 6.52. The first-order chi connectivity index (χ1) is 12.5. The molecular formula is C22H20O4. The van der Waals surface area contributed by atoms with Crippen LogP contribution in [0.5, 0.6) is 0 Å². The first-order valence-corrected chi connectivity index (χ1v) is 8.65. The average Bonchev–Trinajstić information content (AvgIpc) is 2.65. The van der Waals surface area contributed by atoms with E-state index in [4.69, 9.17) is 5.11 Å². The number of Topliss-reactive ketones (excluding diaryl/α,β-unsaturated/α-hetero) is 2. The van der Waals surface area contributed by atoms with Gasteiger partial charge in [-0.3, -0.25) is 14.4 Å². The summed E-state index contributed by atoms with van der Waals surface area (Å²) in [5.74, 6) is -0.938. The number of hydrogen-bond acceptors (Lipinski definition) is 3. The Labute approximate surface area is 152 Å². The molecular weight excluding hydrogens is 328 g/mol. The summed E-state index contributed by atoms with van der Waals surface area (Å²) in [6.07, 6.45) is 1.79. The van der Waals surface area contributed by atoms with Crippen LogP contribution in [0.3, 0.4) is 0 Å². The molecule has 0 amide bonds. The second-order valence-corrected chi connectivity index (χ2v) is 6.52. The summed E-state index contributed by atoms with van der Waals surface area (Å²) in [5.41, 5.74) is 4.13. The number of carboxylic acids is 1. The van der Waals surface area contributed by atoms with Gasteiger partial charge in [-0.2, -0.15) is 0 Å². The average molecular weight is 348 g/mol. The highest BCUT2D eigenvalue weighted by molar-refractivity contribution is 6.26. The van der Waals surface area contributed by atoms with E-state index in [0.29, 0.717) is 41.5 Å². The standard InChI is InChI=1S/C22H20O4/c1-14-17(22(26)19-5-3-2-4-18(19)21(14)25)12-10-15-6-8-16(9-7-15)11-13-20(23)24/h2-9H,10-13H2,1H3,(H,23,24). The van der Waals surface area contributed by atoms with Gasteiger partial charge in [-0.05, 0) is 37.3 Å². The van der Waals surface area contributed by atoms with Gasteiger partial charge in [0.05, 0.1) is 0 Å². The third-order valence-electron chi connectivity index (χ3n) is 4.80. The molecule has 3 rings (SSSR count). The first-order valence-electron chi connectivity index (χ1n) is 8.65. The van der Waals surface area contributed by atoms with Gasteiger partial charge in [0.25, 0.3) is 0 Å². The summed E-state index contributed by atoms with van der Waals surface area (Å²) in [6, 6.07) is 14.7. The molecule has 0 fully saturated rings. The topological polar surface area (TPSA) is 71.4 Å². The minimum absolute atomic E-state index is 0.0595. The van der Waals surface area contributed by atoms with E-state index in [-0.39, 0.29) is 18.0 Å². The quantitative estimate of drug-likeness (QED) is 0.855. The van der Waals surface area contributed by atoms with Gasteiger partial charge in [-0.1, -0.05) is 48.5 Å². The molecule has 1 aliphatic rings. The molecule has 4 heteroatoms. The van der Waals surface area contributed by atoms with Crippen molar-refractivity contribution in [3.05, 3.63) is 81.9 Å². The maximum Gasteiger partial charge on any atom is 0.303 e. The van der Waals surface area contributed by atoms with E-state index in [1.807, 2.05) is 24.3 Å². The SMILES string of the molecule is CC1=C(CCc2ccc(CCC(=O)O)cc2)C(=O)c2ccccc2C1=O. The molecule has 26 heavy (non-hydrogen) atoms. The van der Waals surface area contributed by atoms with Crippen molar-refractivity contribution in [2.24, 2.45) is 0 Å². The van der Waals surface area contributed by atoms with Crippen molar-refractivity contribution in [1.29, 1.82) is 0 Å². The van der Waals surface area contributed by atoms with Crippen LogP contribution in [-0.4, -0.2) is 22.6 Å². The van der Waals surface area contributed by atoms with Crippen molar-refractivity contribution >= 4 is 17.5 Å². The predicted molar refractivity (Wildman–Crippen MR) is 98.5 cm³/mol. The fraction of sp³-hybridized carbons (Fsp3) is 0.227. The highest BCUT2D eigenvalue weighted by atomic mass is 16.4. The fourth-order valence-electron chi connectivity index (χ4n) is 3.25. The summed E-state index contributed by atoms with van der Waals surface area (Å²) in [6.45, 7) is 1.72. The monoisotopic (exact) mass is 348 g/mol. The van der Waals surface area contributed by atoms with Crippen molar-refractivity contribution in [2.45, 2.75) is 32.6 Å². The first kappa shape index (κ1) is 17.8. The molecule has 0 saturated heterocycles. The molecule has 1 aliphatic carbocycles. The third-order valence-corrected chi connectivity index (χ3v) is 4.80. The summed E-state index contributed by atoms with van der Waals surface area (Å²) in [4.78, 5) is 35.9. The summed E-state index contributed by atoms with van der Waals surface area (Å²) in [7, 11) is 0. The van der Waals surface area contributed by atoms with Crippen LogP contribution in [0.1, 0.15) is 51.6 Å². The highest BCUT2D eigenvalue weighted by Gasteiger charge is 2.28. The van der Waals surface area contributed by atoms with Crippen molar-refractivity contribution in [1.82, 2.24) is 0 Å². The Kier molecular flexibility index (Phi) is 5.12. The largest absolute Gasteiger partial charge is 0.481 e. The number of ketones is 2. The van der Waals surface area contributed by atoms with E-state index in [1.54, 1.807) is 31.2 Å². The van der Waals surface area contributed by atoms with Crippen LogP contribution in [0.2, 0.25) is 0 Å². The van der Waals surface area contributed by atoms with Crippen LogP contribution in [0, 0.1) is 0 Å². The lowest BCUT2D eigenvalue weighted by atomic mass is 9.82. The number of rotatable bonds is 6. The van der Waals surface area contributed by atoms with Crippen LogP contribution in [-0.2, 0) is 17.6 Å². The third kappa shape index (κ3) is 3.64. The second kappa shape index (κ2) is 7.48. The van der Waals surface area contributed by atoms with Gasteiger partial charge in [0, 0.05) is 28.7 Å². The van der Waals surface area contributed by atoms with Crippen molar-refractivity contribution in [2.75, 3.05) is 0 Å². The minimum atomic E-state index is -0.808. The molecule has 0 aromatic heterocycles. The van der Waals surface area contributed by atoms with Crippen LogP contribution in [0.15, 0.2) is 59.7 Å². The number of allylic oxidation sites excluding steroid dienone is 2. The Morgan fingerprint density at radius 3 is 1.92 bits per heavy atom. The molecule has 0 atom stereocenters. The Morgan fingerprint density at radius 1 is 0.808 bits per heavy atom.